The predicted molar refractivity (Wildman–Crippen MR) is 104 cm³/mol. The van der Waals surface area contributed by atoms with Crippen LogP contribution < -0.4 is 9.80 Å². The summed E-state index contributed by atoms with van der Waals surface area (Å²) in [7, 11) is 0. The second kappa shape index (κ2) is 6.38. The van der Waals surface area contributed by atoms with E-state index < -0.39 is 0 Å². The molecule has 0 bridgehead atoms. The molecule has 1 aliphatic carbocycles. The van der Waals surface area contributed by atoms with Gasteiger partial charge in [0.1, 0.15) is 0 Å². The van der Waals surface area contributed by atoms with Gasteiger partial charge in [-0.15, -0.1) is 0 Å². The third-order valence-corrected chi connectivity index (χ3v) is 5.40. The third kappa shape index (κ3) is 3.18. The zero-order valence-electron chi connectivity index (χ0n) is 15.8. The van der Waals surface area contributed by atoms with Crippen LogP contribution >= 0.6 is 0 Å². The smallest absolute Gasteiger partial charge is 0.225 e. The van der Waals surface area contributed by atoms with Crippen LogP contribution in [0.25, 0.3) is 0 Å². The standard InChI is InChI=1S/C21H26N4O/c1-15-19-17(13-21(2,3)14-18(19)26)23-20(22-15)25-11-9-24(10-12-25)16-7-5-4-6-8-16/h4-8H,9-14H2,1-3H3. The molecule has 1 aliphatic heterocycles. The van der Waals surface area contributed by atoms with Gasteiger partial charge in [0, 0.05) is 38.3 Å². The molecule has 5 heteroatoms. The summed E-state index contributed by atoms with van der Waals surface area (Å²) in [6.07, 6.45) is 1.42. The van der Waals surface area contributed by atoms with Crippen molar-refractivity contribution in [2.24, 2.45) is 5.41 Å². The first-order chi connectivity index (χ1) is 12.4. The number of carbonyl (C=O) groups is 1. The lowest BCUT2D eigenvalue weighted by Crippen LogP contribution is -2.47. The monoisotopic (exact) mass is 350 g/mol. The van der Waals surface area contributed by atoms with E-state index >= 15 is 0 Å². The van der Waals surface area contributed by atoms with Crippen LogP contribution in [-0.2, 0) is 6.42 Å². The van der Waals surface area contributed by atoms with Crippen LogP contribution in [0.15, 0.2) is 30.3 Å². The van der Waals surface area contributed by atoms with Gasteiger partial charge < -0.3 is 9.80 Å². The highest BCUT2D eigenvalue weighted by molar-refractivity contribution is 5.99. The quantitative estimate of drug-likeness (QED) is 0.832. The van der Waals surface area contributed by atoms with Gasteiger partial charge in [-0.1, -0.05) is 32.0 Å². The normalized spacial score (nSPS) is 19.4. The maximum atomic E-state index is 12.5. The molecule has 0 unspecified atom stereocenters. The Labute approximate surface area is 155 Å². The molecule has 0 spiro atoms. The summed E-state index contributed by atoms with van der Waals surface area (Å²) in [6, 6.07) is 10.5. The Morgan fingerprint density at radius 3 is 2.27 bits per heavy atom. The number of anilines is 2. The maximum absolute atomic E-state index is 12.5. The van der Waals surface area contributed by atoms with Gasteiger partial charge in [-0.05, 0) is 30.9 Å². The molecule has 4 rings (SSSR count). The molecule has 0 atom stereocenters. The number of piperazine rings is 1. The van der Waals surface area contributed by atoms with Crippen molar-refractivity contribution in [3.63, 3.8) is 0 Å². The average Bonchev–Trinajstić information content (AvgIpc) is 2.60. The summed E-state index contributed by atoms with van der Waals surface area (Å²) in [5, 5.41) is 0. The van der Waals surface area contributed by atoms with Crippen molar-refractivity contribution in [2.45, 2.75) is 33.6 Å². The van der Waals surface area contributed by atoms with E-state index in [1.54, 1.807) is 0 Å². The molecule has 136 valence electrons. The van der Waals surface area contributed by atoms with Gasteiger partial charge in [0.15, 0.2) is 5.78 Å². The number of para-hydroxylation sites is 1. The van der Waals surface area contributed by atoms with Crippen LogP contribution in [0.2, 0.25) is 0 Å². The summed E-state index contributed by atoms with van der Waals surface area (Å²) >= 11 is 0. The van der Waals surface area contributed by atoms with Crippen molar-refractivity contribution in [1.29, 1.82) is 0 Å². The number of aromatic nitrogens is 2. The van der Waals surface area contributed by atoms with E-state index in [1.165, 1.54) is 5.69 Å². The summed E-state index contributed by atoms with van der Waals surface area (Å²) in [5.74, 6) is 0.966. The van der Waals surface area contributed by atoms with Gasteiger partial charge in [0.25, 0.3) is 0 Å². The highest BCUT2D eigenvalue weighted by Crippen LogP contribution is 2.35. The second-order valence-electron chi connectivity index (χ2n) is 8.18. The highest BCUT2D eigenvalue weighted by atomic mass is 16.1. The summed E-state index contributed by atoms with van der Waals surface area (Å²) in [4.78, 5) is 26.7. The minimum Gasteiger partial charge on any atom is -0.368 e. The van der Waals surface area contributed by atoms with Crippen LogP contribution in [0, 0.1) is 12.3 Å². The molecule has 26 heavy (non-hydrogen) atoms. The zero-order valence-corrected chi connectivity index (χ0v) is 15.8. The van der Waals surface area contributed by atoms with E-state index in [4.69, 9.17) is 4.98 Å². The van der Waals surface area contributed by atoms with Crippen molar-refractivity contribution in [1.82, 2.24) is 9.97 Å². The molecule has 1 saturated heterocycles. The highest BCUT2D eigenvalue weighted by Gasteiger charge is 2.34. The molecule has 2 aliphatic rings. The van der Waals surface area contributed by atoms with Crippen molar-refractivity contribution in [3.05, 3.63) is 47.3 Å². The fourth-order valence-corrected chi connectivity index (χ4v) is 4.09. The van der Waals surface area contributed by atoms with Gasteiger partial charge in [-0.25, -0.2) is 9.97 Å². The number of Topliss-reactive ketones (excluding diaryl/α,β-unsaturated/α-hetero) is 1. The fourth-order valence-electron chi connectivity index (χ4n) is 4.09. The summed E-state index contributed by atoms with van der Waals surface area (Å²) in [5.41, 5.74) is 3.77. The second-order valence-corrected chi connectivity index (χ2v) is 8.18. The first-order valence-corrected chi connectivity index (χ1v) is 9.39. The number of aryl methyl sites for hydroxylation is 1. The first-order valence-electron chi connectivity index (χ1n) is 9.39. The van der Waals surface area contributed by atoms with Crippen molar-refractivity contribution in [3.8, 4) is 0 Å². The van der Waals surface area contributed by atoms with Gasteiger partial charge in [0.05, 0.1) is 17.0 Å². The lowest BCUT2D eigenvalue weighted by Gasteiger charge is -2.37. The minimum atomic E-state index is -0.0197. The van der Waals surface area contributed by atoms with E-state index in [9.17, 15) is 4.79 Å². The lowest BCUT2D eigenvalue weighted by molar-refractivity contribution is 0.0909. The minimum absolute atomic E-state index is 0.0197. The van der Waals surface area contributed by atoms with E-state index in [0.29, 0.717) is 6.42 Å². The number of nitrogens with zero attached hydrogens (tertiary/aromatic N) is 4. The average molecular weight is 350 g/mol. The third-order valence-electron chi connectivity index (χ3n) is 5.40. The van der Waals surface area contributed by atoms with E-state index in [0.717, 1.165) is 55.5 Å². The van der Waals surface area contributed by atoms with E-state index in [2.05, 4.69) is 52.9 Å². The number of ketones is 1. The van der Waals surface area contributed by atoms with Crippen LogP contribution in [0.5, 0.6) is 0 Å². The Balaban J connectivity index is 1.55. The van der Waals surface area contributed by atoms with E-state index in [-0.39, 0.29) is 11.2 Å². The number of rotatable bonds is 2. The van der Waals surface area contributed by atoms with Crippen molar-refractivity contribution >= 4 is 17.4 Å². The maximum Gasteiger partial charge on any atom is 0.225 e. The first kappa shape index (κ1) is 17.0. The van der Waals surface area contributed by atoms with Crippen LogP contribution in [0.3, 0.4) is 0 Å². The van der Waals surface area contributed by atoms with Crippen molar-refractivity contribution in [2.75, 3.05) is 36.0 Å². The Morgan fingerprint density at radius 1 is 0.923 bits per heavy atom. The number of benzene rings is 1. The topological polar surface area (TPSA) is 49.3 Å². The van der Waals surface area contributed by atoms with Crippen LogP contribution in [0.1, 0.15) is 42.0 Å². The molecule has 0 N–H and O–H groups in total. The molecule has 1 aromatic carbocycles. The Bertz CT molecular complexity index is 823. The molecule has 1 aromatic heterocycles. The van der Waals surface area contributed by atoms with E-state index in [1.807, 2.05) is 13.0 Å². The Kier molecular flexibility index (Phi) is 4.17. The number of hydrogen-bond acceptors (Lipinski definition) is 5. The molecule has 5 nitrogen and oxygen atoms in total. The molecule has 0 amide bonds. The van der Waals surface area contributed by atoms with Crippen molar-refractivity contribution < 1.29 is 4.79 Å². The molecular formula is C21H26N4O. The largest absolute Gasteiger partial charge is 0.368 e. The SMILES string of the molecule is Cc1nc(N2CCN(c3ccccc3)CC2)nc2c1C(=O)CC(C)(C)C2. The van der Waals surface area contributed by atoms with Crippen LogP contribution in [0.4, 0.5) is 11.6 Å². The van der Waals surface area contributed by atoms with Gasteiger partial charge >= 0.3 is 0 Å². The Hall–Kier alpha value is -2.43. The number of hydrogen-bond donors (Lipinski definition) is 0. The fraction of sp³-hybridized carbons (Fsp3) is 0.476. The number of fused-ring (bicyclic) bond motifs is 1. The van der Waals surface area contributed by atoms with Gasteiger partial charge in [-0.3, -0.25) is 4.79 Å². The zero-order chi connectivity index (χ0) is 18.3. The molecular weight excluding hydrogens is 324 g/mol. The Morgan fingerprint density at radius 2 is 1.58 bits per heavy atom. The lowest BCUT2D eigenvalue weighted by atomic mass is 9.75. The number of carbonyl (C=O) groups excluding carboxylic acids is 1. The molecule has 2 aromatic rings. The molecule has 2 heterocycles. The van der Waals surface area contributed by atoms with Gasteiger partial charge in [-0.2, -0.15) is 0 Å². The predicted octanol–water partition coefficient (Wildman–Crippen LogP) is 3.27. The summed E-state index contributed by atoms with van der Waals surface area (Å²) < 4.78 is 0. The molecule has 0 radical (unpaired) electrons. The van der Waals surface area contributed by atoms with Crippen LogP contribution in [-0.4, -0.2) is 41.9 Å². The molecule has 1 fully saturated rings. The summed E-state index contributed by atoms with van der Waals surface area (Å²) in [6.45, 7) is 9.92. The van der Waals surface area contributed by atoms with Gasteiger partial charge in [0.2, 0.25) is 5.95 Å². The molecule has 0 saturated carbocycles.